The van der Waals surface area contributed by atoms with E-state index >= 15 is 0 Å². The van der Waals surface area contributed by atoms with Crippen LogP contribution in [-0.2, 0) is 14.3 Å². The molecule has 3 unspecified atom stereocenters. The predicted octanol–water partition coefficient (Wildman–Crippen LogP) is 1.12. The van der Waals surface area contributed by atoms with E-state index in [4.69, 9.17) is 4.74 Å². The van der Waals surface area contributed by atoms with Crippen molar-refractivity contribution in [3.63, 3.8) is 0 Å². The minimum Gasteiger partial charge on any atom is -0.480 e. The summed E-state index contributed by atoms with van der Waals surface area (Å²) in [6, 6.07) is -0.650. The van der Waals surface area contributed by atoms with Gasteiger partial charge in [0, 0.05) is 13.2 Å². The van der Waals surface area contributed by atoms with Crippen LogP contribution in [-0.4, -0.2) is 47.7 Å². The highest BCUT2D eigenvalue weighted by atomic mass is 16.5. The highest BCUT2D eigenvalue weighted by Crippen LogP contribution is 2.26. The maximum atomic E-state index is 12.4. The van der Waals surface area contributed by atoms with E-state index in [0.29, 0.717) is 32.1 Å². The van der Waals surface area contributed by atoms with Gasteiger partial charge in [-0.05, 0) is 31.6 Å². The molecule has 0 radical (unpaired) electrons. The molecule has 0 aromatic rings. The summed E-state index contributed by atoms with van der Waals surface area (Å²) in [4.78, 5) is 25.2. The third-order valence-electron chi connectivity index (χ3n) is 3.94. The summed E-state index contributed by atoms with van der Waals surface area (Å²) >= 11 is 0. The maximum Gasteiger partial charge on any atom is 0.326 e. The van der Waals surface area contributed by atoms with Crippen LogP contribution in [0, 0.1) is 11.8 Å². The molecule has 3 atom stereocenters. The fourth-order valence-corrected chi connectivity index (χ4v) is 2.81. The molecule has 5 heteroatoms. The normalized spacial score (nSPS) is 33.2. The van der Waals surface area contributed by atoms with Gasteiger partial charge in [-0.1, -0.05) is 6.92 Å². The number of amides is 1. The largest absolute Gasteiger partial charge is 0.480 e. The number of piperidine rings is 1. The molecule has 0 spiro atoms. The Hall–Kier alpha value is -1.10. The lowest BCUT2D eigenvalue weighted by atomic mass is 9.90. The van der Waals surface area contributed by atoms with Gasteiger partial charge in [-0.25, -0.2) is 4.79 Å². The minimum absolute atomic E-state index is 0.0333. The van der Waals surface area contributed by atoms with Gasteiger partial charge in [0.15, 0.2) is 0 Å². The number of carboxylic acid groups (broad SMARTS) is 1. The van der Waals surface area contributed by atoms with Gasteiger partial charge in [0.05, 0.1) is 12.5 Å². The molecule has 0 aliphatic carbocycles. The molecule has 2 saturated heterocycles. The van der Waals surface area contributed by atoms with E-state index in [0.717, 1.165) is 19.3 Å². The number of rotatable bonds is 2. The second-order valence-electron chi connectivity index (χ2n) is 5.43. The van der Waals surface area contributed by atoms with Crippen molar-refractivity contribution in [3.05, 3.63) is 0 Å². The summed E-state index contributed by atoms with van der Waals surface area (Å²) < 4.78 is 5.32. The third-order valence-corrected chi connectivity index (χ3v) is 3.94. The van der Waals surface area contributed by atoms with Crippen LogP contribution in [0.2, 0.25) is 0 Å². The lowest BCUT2D eigenvalue weighted by Crippen LogP contribution is -2.52. The topological polar surface area (TPSA) is 66.8 Å². The van der Waals surface area contributed by atoms with Crippen molar-refractivity contribution in [2.45, 2.75) is 38.6 Å². The van der Waals surface area contributed by atoms with Crippen molar-refractivity contribution >= 4 is 11.9 Å². The van der Waals surface area contributed by atoms with E-state index in [9.17, 15) is 14.7 Å². The van der Waals surface area contributed by atoms with E-state index in [1.165, 1.54) is 0 Å². The van der Waals surface area contributed by atoms with Crippen molar-refractivity contribution in [2.75, 3.05) is 19.8 Å². The fraction of sp³-hybridized carbons (Fsp3) is 0.846. The number of ether oxygens (including phenoxy) is 1. The van der Waals surface area contributed by atoms with Gasteiger partial charge < -0.3 is 14.7 Å². The second kappa shape index (κ2) is 5.69. The second-order valence-corrected chi connectivity index (χ2v) is 5.43. The Labute approximate surface area is 107 Å². The van der Waals surface area contributed by atoms with Crippen LogP contribution in [0.5, 0.6) is 0 Å². The molecule has 2 heterocycles. The first-order valence-corrected chi connectivity index (χ1v) is 6.70. The van der Waals surface area contributed by atoms with Crippen LogP contribution in [0.25, 0.3) is 0 Å². The van der Waals surface area contributed by atoms with Gasteiger partial charge in [0.25, 0.3) is 0 Å². The zero-order valence-electron chi connectivity index (χ0n) is 10.8. The van der Waals surface area contributed by atoms with Crippen molar-refractivity contribution < 1.29 is 19.4 Å². The third kappa shape index (κ3) is 2.83. The molecule has 18 heavy (non-hydrogen) atoms. The molecule has 2 fully saturated rings. The zero-order valence-corrected chi connectivity index (χ0v) is 10.8. The Morgan fingerprint density at radius 1 is 1.33 bits per heavy atom. The fourth-order valence-electron chi connectivity index (χ4n) is 2.81. The molecule has 0 aromatic heterocycles. The summed E-state index contributed by atoms with van der Waals surface area (Å²) in [5.74, 6) is -0.688. The first kappa shape index (κ1) is 13.3. The van der Waals surface area contributed by atoms with Crippen molar-refractivity contribution in [1.82, 2.24) is 4.90 Å². The van der Waals surface area contributed by atoms with Gasteiger partial charge in [-0.3, -0.25) is 4.79 Å². The summed E-state index contributed by atoms with van der Waals surface area (Å²) in [5, 5.41) is 9.25. The maximum absolute atomic E-state index is 12.4. The van der Waals surface area contributed by atoms with Crippen LogP contribution < -0.4 is 0 Å². The summed E-state index contributed by atoms with van der Waals surface area (Å²) in [5.41, 5.74) is 0. The highest BCUT2D eigenvalue weighted by Gasteiger charge is 2.37. The number of aliphatic carboxylic acids is 1. The van der Waals surface area contributed by atoms with Crippen LogP contribution >= 0.6 is 0 Å². The van der Waals surface area contributed by atoms with Gasteiger partial charge in [0.2, 0.25) is 5.91 Å². The number of hydrogen-bond acceptors (Lipinski definition) is 3. The Balaban J connectivity index is 2.04. The molecular formula is C13H21NO4. The monoisotopic (exact) mass is 255 g/mol. The first-order valence-electron chi connectivity index (χ1n) is 6.70. The molecule has 2 rings (SSSR count). The molecule has 5 nitrogen and oxygen atoms in total. The lowest BCUT2D eigenvalue weighted by molar-refractivity contribution is -0.157. The van der Waals surface area contributed by atoms with Crippen LogP contribution in [0.15, 0.2) is 0 Å². The van der Waals surface area contributed by atoms with Crippen molar-refractivity contribution in [2.24, 2.45) is 11.8 Å². The standard InChI is InChI=1S/C13H21NO4/c1-9-4-5-14(11(7-9)13(16)17)12(15)10-3-2-6-18-8-10/h9-11H,2-8H2,1H3,(H,16,17). The summed E-state index contributed by atoms with van der Waals surface area (Å²) in [6.45, 7) is 3.76. The van der Waals surface area contributed by atoms with E-state index in [1.807, 2.05) is 6.92 Å². The Morgan fingerprint density at radius 3 is 2.72 bits per heavy atom. The number of carboxylic acids is 1. The Bertz CT molecular complexity index is 325. The number of nitrogens with zero attached hydrogens (tertiary/aromatic N) is 1. The average molecular weight is 255 g/mol. The molecule has 1 N–H and O–H groups in total. The van der Waals surface area contributed by atoms with E-state index in [1.54, 1.807) is 4.90 Å². The van der Waals surface area contributed by atoms with Gasteiger partial charge in [-0.2, -0.15) is 0 Å². The molecule has 0 bridgehead atoms. The van der Waals surface area contributed by atoms with E-state index in [2.05, 4.69) is 0 Å². The van der Waals surface area contributed by atoms with Gasteiger partial charge in [-0.15, -0.1) is 0 Å². The van der Waals surface area contributed by atoms with E-state index < -0.39 is 12.0 Å². The van der Waals surface area contributed by atoms with Gasteiger partial charge in [0.1, 0.15) is 6.04 Å². The van der Waals surface area contributed by atoms with Crippen molar-refractivity contribution in [3.8, 4) is 0 Å². The molecule has 102 valence electrons. The van der Waals surface area contributed by atoms with Crippen molar-refractivity contribution in [1.29, 1.82) is 0 Å². The molecule has 2 aliphatic heterocycles. The van der Waals surface area contributed by atoms with E-state index in [-0.39, 0.29) is 11.8 Å². The van der Waals surface area contributed by atoms with Crippen LogP contribution in [0.4, 0.5) is 0 Å². The smallest absolute Gasteiger partial charge is 0.326 e. The molecule has 2 aliphatic rings. The average Bonchev–Trinajstić information content (AvgIpc) is 2.39. The zero-order chi connectivity index (χ0) is 13.1. The lowest BCUT2D eigenvalue weighted by Gasteiger charge is -2.38. The number of hydrogen-bond donors (Lipinski definition) is 1. The molecule has 0 saturated carbocycles. The SMILES string of the molecule is CC1CCN(C(=O)C2CCCOC2)C(C(=O)O)C1. The number of carbonyl (C=O) groups excluding carboxylic acids is 1. The summed E-state index contributed by atoms with van der Waals surface area (Å²) in [7, 11) is 0. The Kier molecular flexibility index (Phi) is 4.22. The number of carbonyl (C=O) groups is 2. The minimum atomic E-state index is -0.883. The molecule has 0 aromatic carbocycles. The summed E-state index contributed by atoms with van der Waals surface area (Å²) in [6.07, 6.45) is 3.16. The Morgan fingerprint density at radius 2 is 2.11 bits per heavy atom. The highest BCUT2D eigenvalue weighted by molar-refractivity contribution is 5.85. The predicted molar refractivity (Wildman–Crippen MR) is 65.1 cm³/mol. The quantitative estimate of drug-likeness (QED) is 0.803. The van der Waals surface area contributed by atoms with Gasteiger partial charge >= 0.3 is 5.97 Å². The number of likely N-dealkylation sites (tertiary alicyclic amines) is 1. The first-order chi connectivity index (χ1) is 8.59. The molecule has 1 amide bonds. The van der Waals surface area contributed by atoms with Crippen LogP contribution in [0.1, 0.15) is 32.6 Å². The molecular weight excluding hydrogens is 234 g/mol. The van der Waals surface area contributed by atoms with Crippen LogP contribution in [0.3, 0.4) is 0 Å².